The fourth-order valence-corrected chi connectivity index (χ4v) is 6.46. The van der Waals surface area contributed by atoms with Crippen molar-refractivity contribution in [2.45, 2.75) is 62.7 Å². The number of hydrogen-bond donors (Lipinski definition) is 4. The number of nitrogens with two attached hydrogens (primary N) is 2. The SMILES string of the molecule is CC(C)Sc1cc(-c2ccc(C(COC(N)=O)(C[C@@H](O)c3ccc(N)cc3)C(C)(C)C)cc2)ccc1C(=O)NS(C)(=O)=O. The lowest BCUT2D eigenvalue weighted by atomic mass is 9.60. The average Bonchev–Trinajstić information content (AvgIpc) is 2.89. The van der Waals surface area contributed by atoms with E-state index in [4.69, 9.17) is 16.2 Å². The summed E-state index contributed by atoms with van der Waals surface area (Å²) in [4.78, 5) is 25.1. The van der Waals surface area contributed by atoms with Crippen LogP contribution in [0, 0.1) is 5.41 Å². The Kier molecular flexibility index (Phi) is 10.6. The summed E-state index contributed by atoms with van der Waals surface area (Å²) in [5.74, 6) is -0.684. The molecule has 0 bridgehead atoms. The fraction of sp³-hybridized carbons (Fsp3) is 0.375. The number of rotatable bonds is 11. The molecular formula is C32H41N3O6S2. The number of primary amides is 1. The van der Waals surface area contributed by atoms with Crippen molar-refractivity contribution in [1.29, 1.82) is 0 Å². The molecule has 0 aliphatic rings. The van der Waals surface area contributed by atoms with Gasteiger partial charge in [-0.3, -0.25) is 4.79 Å². The van der Waals surface area contributed by atoms with Crippen LogP contribution in [0.15, 0.2) is 71.6 Å². The first-order valence-electron chi connectivity index (χ1n) is 13.8. The first-order valence-corrected chi connectivity index (χ1v) is 16.6. The number of sulfonamides is 1. The van der Waals surface area contributed by atoms with Crippen LogP contribution in [0.5, 0.6) is 0 Å². The molecule has 0 aliphatic heterocycles. The molecule has 11 heteroatoms. The zero-order valence-electron chi connectivity index (χ0n) is 25.4. The van der Waals surface area contributed by atoms with Crippen LogP contribution >= 0.6 is 11.8 Å². The maximum absolute atomic E-state index is 12.7. The topological polar surface area (TPSA) is 162 Å². The summed E-state index contributed by atoms with van der Waals surface area (Å²) < 4.78 is 30.8. The molecular weight excluding hydrogens is 587 g/mol. The van der Waals surface area contributed by atoms with Gasteiger partial charge in [0.25, 0.3) is 5.91 Å². The highest BCUT2D eigenvalue weighted by atomic mass is 32.2. The molecule has 2 atom stereocenters. The highest BCUT2D eigenvalue weighted by molar-refractivity contribution is 8.00. The number of nitrogens with one attached hydrogen (secondary N) is 1. The second-order valence-corrected chi connectivity index (χ2v) is 15.4. The first-order chi connectivity index (χ1) is 19.9. The quantitative estimate of drug-likeness (QED) is 0.157. The van der Waals surface area contributed by atoms with Crippen molar-refractivity contribution in [1.82, 2.24) is 4.72 Å². The summed E-state index contributed by atoms with van der Waals surface area (Å²) in [5.41, 5.74) is 14.0. The molecule has 3 aromatic rings. The Balaban J connectivity index is 2.06. The molecule has 0 aliphatic carbocycles. The van der Waals surface area contributed by atoms with E-state index in [1.54, 1.807) is 36.4 Å². The largest absolute Gasteiger partial charge is 0.449 e. The molecule has 3 aromatic carbocycles. The van der Waals surface area contributed by atoms with Gasteiger partial charge in [0.05, 0.1) is 17.9 Å². The van der Waals surface area contributed by atoms with Crippen LogP contribution in [-0.4, -0.2) is 43.6 Å². The van der Waals surface area contributed by atoms with Crippen LogP contribution in [0.2, 0.25) is 0 Å². The second-order valence-electron chi connectivity index (χ2n) is 12.0. The second kappa shape index (κ2) is 13.4. The minimum absolute atomic E-state index is 0.0451. The van der Waals surface area contributed by atoms with Crippen molar-refractivity contribution < 1.29 is 27.9 Å². The number of carbonyl (C=O) groups excluding carboxylic acids is 2. The van der Waals surface area contributed by atoms with E-state index in [-0.39, 0.29) is 23.8 Å². The van der Waals surface area contributed by atoms with Crippen molar-refractivity contribution in [2.75, 3.05) is 18.6 Å². The van der Waals surface area contributed by atoms with E-state index >= 15 is 0 Å². The number of aliphatic hydroxyl groups is 1. The van der Waals surface area contributed by atoms with Gasteiger partial charge in [0, 0.05) is 21.2 Å². The molecule has 43 heavy (non-hydrogen) atoms. The van der Waals surface area contributed by atoms with Gasteiger partial charge >= 0.3 is 6.09 Å². The standard InChI is InChI=1S/C32H41N3O6S2/c1-20(2)42-28-17-23(11-16-26(28)29(37)35-43(6,39)40)21-7-12-24(13-8-21)32(31(3,4)5,19-41-30(34)38)18-27(36)22-9-14-25(33)15-10-22/h7-17,20,27,36H,18-19,33H2,1-6H3,(H2,34,38)(H,35,37)/t27-,32?/m1/s1. The summed E-state index contributed by atoms with van der Waals surface area (Å²) in [6.07, 6.45) is -0.594. The van der Waals surface area contributed by atoms with Crippen LogP contribution in [0.25, 0.3) is 11.1 Å². The number of nitrogen functional groups attached to an aromatic ring is 1. The smallest absolute Gasteiger partial charge is 0.404 e. The molecule has 2 amide bonds. The molecule has 1 unspecified atom stereocenters. The van der Waals surface area contributed by atoms with Gasteiger partial charge < -0.3 is 21.3 Å². The predicted molar refractivity (Wildman–Crippen MR) is 172 cm³/mol. The number of aliphatic hydroxyl groups excluding tert-OH is 1. The van der Waals surface area contributed by atoms with Crippen molar-refractivity contribution in [3.63, 3.8) is 0 Å². The number of benzene rings is 3. The van der Waals surface area contributed by atoms with Gasteiger partial charge in [0.15, 0.2) is 0 Å². The van der Waals surface area contributed by atoms with E-state index in [1.165, 1.54) is 11.8 Å². The van der Waals surface area contributed by atoms with Gasteiger partial charge in [-0.15, -0.1) is 11.8 Å². The lowest BCUT2D eigenvalue weighted by Crippen LogP contribution is -2.46. The van der Waals surface area contributed by atoms with Gasteiger partial charge in [-0.2, -0.15) is 0 Å². The summed E-state index contributed by atoms with van der Waals surface area (Å²) >= 11 is 1.46. The third-order valence-corrected chi connectivity index (χ3v) is 9.02. The monoisotopic (exact) mass is 627 g/mol. The number of amides is 2. The lowest BCUT2D eigenvalue weighted by molar-refractivity contribution is 0.0224. The molecule has 0 radical (unpaired) electrons. The zero-order chi connectivity index (χ0) is 32.2. The Morgan fingerprint density at radius 3 is 2.07 bits per heavy atom. The van der Waals surface area contributed by atoms with Gasteiger partial charge in [-0.05, 0) is 58.4 Å². The van der Waals surface area contributed by atoms with Crippen molar-refractivity contribution >= 4 is 39.5 Å². The molecule has 0 saturated heterocycles. The van der Waals surface area contributed by atoms with Crippen molar-refractivity contribution in [2.24, 2.45) is 11.1 Å². The van der Waals surface area contributed by atoms with Gasteiger partial charge in [0.2, 0.25) is 10.0 Å². The Labute approximate surface area is 258 Å². The molecule has 0 saturated carbocycles. The third-order valence-electron chi connectivity index (χ3n) is 7.40. The number of hydrogen-bond acceptors (Lipinski definition) is 8. The van der Waals surface area contributed by atoms with Crippen LogP contribution in [0.1, 0.15) is 68.6 Å². The maximum Gasteiger partial charge on any atom is 0.404 e. The fourth-order valence-electron chi connectivity index (χ4n) is 5.02. The van der Waals surface area contributed by atoms with E-state index < -0.39 is 39.0 Å². The molecule has 0 heterocycles. The average molecular weight is 628 g/mol. The van der Waals surface area contributed by atoms with E-state index in [2.05, 4.69) is 0 Å². The number of anilines is 1. The van der Waals surface area contributed by atoms with Gasteiger partial charge in [-0.1, -0.05) is 77.1 Å². The lowest BCUT2D eigenvalue weighted by Gasteiger charge is -2.46. The highest BCUT2D eigenvalue weighted by Gasteiger charge is 2.46. The zero-order valence-corrected chi connectivity index (χ0v) is 27.0. The minimum atomic E-state index is -3.72. The summed E-state index contributed by atoms with van der Waals surface area (Å²) in [5, 5.41) is 11.5. The summed E-state index contributed by atoms with van der Waals surface area (Å²) in [6.45, 7) is 10.0. The van der Waals surface area contributed by atoms with Gasteiger partial charge in [0.1, 0.15) is 6.61 Å². The number of carbonyl (C=O) groups is 2. The normalized spacial score (nSPS) is 14.1. The molecule has 6 N–H and O–H groups in total. The van der Waals surface area contributed by atoms with Crippen molar-refractivity contribution in [3.8, 4) is 11.1 Å². The van der Waals surface area contributed by atoms with Crippen molar-refractivity contribution in [3.05, 3.63) is 83.4 Å². The number of thioether (sulfide) groups is 1. The molecule has 232 valence electrons. The van der Waals surface area contributed by atoms with Crippen LogP contribution in [0.3, 0.4) is 0 Å². The van der Waals surface area contributed by atoms with E-state index in [1.807, 2.05) is 69.7 Å². The van der Waals surface area contributed by atoms with Crippen LogP contribution in [0.4, 0.5) is 10.5 Å². The summed E-state index contributed by atoms with van der Waals surface area (Å²) in [7, 11) is -3.72. The Morgan fingerprint density at radius 2 is 1.56 bits per heavy atom. The summed E-state index contributed by atoms with van der Waals surface area (Å²) in [6, 6.07) is 20.0. The number of ether oxygens (including phenoxy) is 1. The molecule has 3 rings (SSSR count). The highest BCUT2D eigenvalue weighted by Crippen LogP contribution is 2.48. The molecule has 9 nitrogen and oxygen atoms in total. The van der Waals surface area contributed by atoms with Crippen LogP contribution < -0.4 is 16.2 Å². The first kappa shape index (κ1) is 34.0. The van der Waals surface area contributed by atoms with E-state index in [9.17, 15) is 23.1 Å². The minimum Gasteiger partial charge on any atom is -0.449 e. The third kappa shape index (κ3) is 8.75. The Bertz CT molecular complexity index is 1550. The maximum atomic E-state index is 12.7. The van der Waals surface area contributed by atoms with E-state index in [0.29, 0.717) is 16.1 Å². The van der Waals surface area contributed by atoms with Crippen LogP contribution in [-0.2, 0) is 20.2 Å². The van der Waals surface area contributed by atoms with Gasteiger partial charge in [-0.25, -0.2) is 17.9 Å². The molecule has 0 spiro atoms. The van der Waals surface area contributed by atoms with E-state index in [0.717, 1.165) is 22.9 Å². The predicted octanol–water partition coefficient (Wildman–Crippen LogP) is 5.63. The Morgan fingerprint density at radius 1 is 0.977 bits per heavy atom. The molecule has 0 aromatic heterocycles. The Hall–Kier alpha value is -3.54. The molecule has 0 fully saturated rings.